The fourth-order valence-corrected chi connectivity index (χ4v) is 2.60. The molecule has 0 spiro atoms. The molecule has 0 radical (unpaired) electrons. The minimum atomic E-state index is -1.04. The summed E-state index contributed by atoms with van der Waals surface area (Å²) in [6.07, 6.45) is -0.197. The number of nitrogens with one attached hydrogen (secondary N) is 1. The second-order valence-electron chi connectivity index (χ2n) is 4.54. The highest BCUT2D eigenvalue weighted by Crippen LogP contribution is 2.48. The number of carbonyl (C=O) groups is 1. The summed E-state index contributed by atoms with van der Waals surface area (Å²) >= 11 is 0. The Morgan fingerprint density at radius 2 is 2.39 bits per heavy atom. The normalized spacial score (nSPS) is 30.4. The lowest BCUT2D eigenvalue weighted by Crippen LogP contribution is -2.44. The minimum absolute atomic E-state index is 0.137. The van der Waals surface area contributed by atoms with Crippen molar-refractivity contribution in [2.24, 2.45) is 5.73 Å². The Balaban J connectivity index is 1.99. The molecule has 6 nitrogen and oxygen atoms in total. The highest BCUT2D eigenvalue weighted by molar-refractivity contribution is 5.74. The summed E-state index contributed by atoms with van der Waals surface area (Å²) in [7, 11) is 0. The number of aliphatic carboxylic acids is 1. The fourth-order valence-electron chi connectivity index (χ4n) is 2.60. The lowest BCUT2D eigenvalue weighted by molar-refractivity contribution is -0.140. The van der Waals surface area contributed by atoms with Gasteiger partial charge in [0.05, 0.1) is 0 Å². The number of hydrogen-bond donors (Lipinski definition) is 3. The van der Waals surface area contributed by atoms with Gasteiger partial charge in [-0.15, -0.1) is 0 Å². The van der Waals surface area contributed by atoms with Gasteiger partial charge < -0.3 is 25.6 Å². The van der Waals surface area contributed by atoms with E-state index in [2.05, 4.69) is 5.32 Å². The summed E-state index contributed by atoms with van der Waals surface area (Å²) in [5.74, 6) is -1.04. The first-order valence-corrected chi connectivity index (χ1v) is 5.73. The van der Waals surface area contributed by atoms with Gasteiger partial charge in [-0.05, 0) is 6.07 Å². The van der Waals surface area contributed by atoms with Crippen molar-refractivity contribution in [1.29, 1.82) is 0 Å². The van der Waals surface area contributed by atoms with Gasteiger partial charge >= 0.3 is 5.97 Å². The molecule has 3 rings (SSSR count). The molecule has 2 aliphatic rings. The van der Waals surface area contributed by atoms with E-state index in [1.54, 1.807) is 0 Å². The Kier molecular flexibility index (Phi) is 2.51. The van der Waals surface area contributed by atoms with E-state index in [0.29, 0.717) is 0 Å². The summed E-state index contributed by atoms with van der Waals surface area (Å²) in [4.78, 5) is 10.9. The molecule has 0 aromatic heterocycles. The molecule has 2 aliphatic heterocycles. The van der Waals surface area contributed by atoms with E-state index < -0.39 is 17.6 Å². The van der Waals surface area contributed by atoms with Crippen LogP contribution in [0, 0.1) is 0 Å². The Morgan fingerprint density at radius 1 is 1.61 bits per heavy atom. The molecule has 0 amide bonds. The molecule has 1 aromatic carbocycles. The molecule has 18 heavy (non-hydrogen) atoms. The van der Waals surface area contributed by atoms with Crippen molar-refractivity contribution in [2.45, 2.75) is 24.3 Å². The van der Waals surface area contributed by atoms with Gasteiger partial charge in [0.15, 0.2) is 13.0 Å². The third-order valence-corrected chi connectivity index (χ3v) is 3.48. The minimum Gasteiger partial charge on any atom is -0.480 e. The van der Waals surface area contributed by atoms with Gasteiger partial charge in [0, 0.05) is 17.7 Å². The molecule has 1 aromatic rings. The highest BCUT2D eigenvalue weighted by atomic mass is 16.7. The van der Waals surface area contributed by atoms with Gasteiger partial charge in [0.2, 0.25) is 0 Å². The zero-order chi connectivity index (χ0) is 12.8. The molecule has 2 heterocycles. The molecule has 1 saturated heterocycles. The Hall–Kier alpha value is -1.63. The quantitative estimate of drug-likeness (QED) is 0.720. The smallest absolute Gasteiger partial charge is 0.320 e. The summed E-state index contributed by atoms with van der Waals surface area (Å²) < 4.78 is 11.1. The van der Waals surface area contributed by atoms with Crippen LogP contribution in [0.1, 0.15) is 12.0 Å². The SMILES string of the molecule is N[C@@H](C[C@@]12OCO[C@@H]1Nc1ccccc12)C(=O)O. The molecule has 6 heteroatoms. The molecule has 96 valence electrons. The second kappa shape index (κ2) is 3.94. The first-order chi connectivity index (χ1) is 8.63. The van der Waals surface area contributed by atoms with Gasteiger partial charge in [-0.25, -0.2) is 0 Å². The average Bonchev–Trinajstić information content (AvgIpc) is 2.84. The van der Waals surface area contributed by atoms with Gasteiger partial charge in [0.25, 0.3) is 0 Å². The van der Waals surface area contributed by atoms with Crippen molar-refractivity contribution in [3.05, 3.63) is 29.8 Å². The summed E-state index contributed by atoms with van der Waals surface area (Å²) in [5, 5.41) is 12.2. The monoisotopic (exact) mass is 250 g/mol. The van der Waals surface area contributed by atoms with Crippen molar-refractivity contribution in [3.8, 4) is 0 Å². The summed E-state index contributed by atoms with van der Waals surface area (Å²) in [6, 6.07) is 6.62. The van der Waals surface area contributed by atoms with Crippen LogP contribution in [0.3, 0.4) is 0 Å². The van der Waals surface area contributed by atoms with Crippen LogP contribution < -0.4 is 11.1 Å². The van der Waals surface area contributed by atoms with Crippen LogP contribution in [0.5, 0.6) is 0 Å². The van der Waals surface area contributed by atoms with Gasteiger partial charge in [-0.1, -0.05) is 18.2 Å². The first-order valence-electron chi connectivity index (χ1n) is 5.73. The topological polar surface area (TPSA) is 93.8 Å². The third-order valence-electron chi connectivity index (χ3n) is 3.48. The Labute approximate surface area is 104 Å². The van der Waals surface area contributed by atoms with Crippen molar-refractivity contribution < 1.29 is 19.4 Å². The molecule has 0 saturated carbocycles. The number of nitrogens with two attached hydrogens (primary N) is 1. The van der Waals surface area contributed by atoms with Crippen LogP contribution in [0.4, 0.5) is 5.69 Å². The van der Waals surface area contributed by atoms with Crippen LogP contribution in [-0.4, -0.2) is 30.1 Å². The number of ether oxygens (including phenoxy) is 2. The predicted molar refractivity (Wildman–Crippen MR) is 62.8 cm³/mol. The van der Waals surface area contributed by atoms with E-state index >= 15 is 0 Å². The van der Waals surface area contributed by atoms with Gasteiger partial charge in [0.1, 0.15) is 11.6 Å². The largest absolute Gasteiger partial charge is 0.480 e. The molecular formula is C12H14N2O4. The molecule has 3 atom stereocenters. The van der Waals surface area contributed by atoms with E-state index in [1.165, 1.54) is 0 Å². The van der Waals surface area contributed by atoms with Crippen molar-refractivity contribution in [1.82, 2.24) is 0 Å². The van der Waals surface area contributed by atoms with Crippen LogP contribution in [-0.2, 0) is 19.9 Å². The summed E-state index contributed by atoms with van der Waals surface area (Å²) in [6.45, 7) is 0.137. The zero-order valence-electron chi connectivity index (χ0n) is 9.63. The van der Waals surface area contributed by atoms with E-state index in [4.69, 9.17) is 20.3 Å². The highest BCUT2D eigenvalue weighted by Gasteiger charge is 2.54. The lowest BCUT2D eigenvalue weighted by atomic mass is 9.88. The standard InChI is InChI=1S/C12H14N2O4/c13-8(10(15)16)5-12-7-3-1-2-4-9(7)14-11(12)17-6-18-12/h1-4,8,11,14H,5-6,13H2,(H,15,16)/t8-,11-,12-/m0/s1. The van der Waals surface area contributed by atoms with E-state index in [1.807, 2.05) is 24.3 Å². The molecule has 4 N–H and O–H groups in total. The second-order valence-corrected chi connectivity index (χ2v) is 4.54. The third kappa shape index (κ3) is 1.50. The van der Waals surface area contributed by atoms with Crippen molar-refractivity contribution in [3.63, 3.8) is 0 Å². The fraction of sp³-hybridized carbons (Fsp3) is 0.417. The van der Waals surface area contributed by atoms with E-state index in [0.717, 1.165) is 11.3 Å². The van der Waals surface area contributed by atoms with E-state index in [9.17, 15) is 4.79 Å². The Morgan fingerprint density at radius 3 is 3.17 bits per heavy atom. The van der Waals surface area contributed by atoms with Crippen LogP contribution >= 0.6 is 0 Å². The van der Waals surface area contributed by atoms with Gasteiger partial charge in [-0.3, -0.25) is 4.79 Å². The molecule has 0 unspecified atom stereocenters. The number of para-hydroxylation sites is 1. The number of benzene rings is 1. The van der Waals surface area contributed by atoms with Crippen LogP contribution in [0.15, 0.2) is 24.3 Å². The number of carboxylic acids is 1. The average molecular weight is 250 g/mol. The first kappa shape index (κ1) is 11.5. The summed E-state index contributed by atoms with van der Waals surface area (Å²) in [5.41, 5.74) is 6.65. The molecular weight excluding hydrogens is 236 g/mol. The van der Waals surface area contributed by atoms with Crippen LogP contribution in [0.2, 0.25) is 0 Å². The van der Waals surface area contributed by atoms with Crippen molar-refractivity contribution >= 4 is 11.7 Å². The predicted octanol–water partition coefficient (Wildman–Crippen LogP) is 0.440. The van der Waals surface area contributed by atoms with Gasteiger partial charge in [-0.2, -0.15) is 0 Å². The van der Waals surface area contributed by atoms with E-state index in [-0.39, 0.29) is 19.4 Å². The maximum Gasteiger partial charge on any atom is 0.320 e. The Bertz CT molecular complexity index is 493. The van der Waals surface area contributed by atoms with Crippen LogP contribution in [0.25, 0.3) is 0 Å². The molecule has 0 bridgehead atoms. The molecule has 1 fully saturated rings. The maximum atomic E-state index is 10.9. The number of carboxylic acid groups (broad SMARTS) is 1. The number of fused-ring (bicyclic) bond motifs is 3. The molecule has 0 aliphatic carbocycles. The number of rotatable bonds is 3. The number of hydrogen-bond acceptors (Lipinski definition) is 5. The number of anilines is 1. The lowest BCUT2D eigenvalue weighted by Gasteiger charge is -2.28. The maximum absolute atomic E-state index is 10.9. The zero-order valence-corrected chi connectivity index (χ0v) is 9.63. The van der Waals surface area contributed by atoms with Crippen molar-refractivity contribution in [2.75, 3.05) is 12.1 Å².